The van der Waals surface area contributed by atoms with Gasteiger partial charge in [-0.15, -0.1) is 0 Å². The number of halogens is 2. The summed E-state index contributed by atoms with van der Waals surface area (Å²) in [6.07, 6.45) is 1.46. The molecule has 106 valence electrons. The number of benzene rings is 2. The van der Waals surface area contributed by atoms with Crippen molar-refractivity contribution in [3.05, 3.63) is 64.4 Å². The van der Waals surface area contributed by atoms with Gasteiger partial charge in [0.15, 0.2) is 0 Å². The van der Waals surface area contributed by atoms with E-state index in [0.29, 0.717) is 17.5 Å². The molecule has 1 unspecified atom stereocenters. The minimum atomic E-state index is -0.255. The second-order valence-electron chi connectivity index (χ2n) is 4.66. The second-order valence-corrected chi connectivity index (χ2v) is 5.52. The fourth-order valence-electron chi connectivity index (χ4n) is 1.92. The number of hydrogen-bond acceptors (Lipinski definition) is 2. The van der Waals surface area contributed by atoms with Crippen LogP contribution >= 0.6 is 15.9 Å². The minimum absolute atomic E-state index is 0.00364. The highest BCUT2D eigenvalue weighted by molar-refractivity contribution is 9.10. The zero-order valence-electron chi connectivity index (χ0n) is 11.1. The average Bonchev–Trinajstić information content (AvgIpc) is 2.44. The first-order valence-corrected chi connectivity index (χ1v) is 7.32. The number of ether oxygens (including phenoxy) is 1. The van der Waals surface area contributed by atoms with Crippen molar-refractivity contribution in [2.24, 2.45) is 5.73 Å². The maximum absolute atomic E-state index is 13.1. The lowest BCUT2D eigenvalue weighted by molar-refractivity contribution is 0.297. The molecule has 0 aromatic heterocycles. The SMILES string of the molecule is NC(CCOc1ccccc1)Cc1ccc(F)c(Br)c1. The van der Waals surface area contributed by atoms with E-state index in [4.69, 9.17) is 10.5 Å². The molecule has 2 aromatic rings. The van der Waals surface area contributed by atoms with E-state index >= 15 is 0 Å². The fraction of sp³-hybridized carbons (Fsp3) is 0.250. The van der Waals surface area contributed by atoms with Crippen LogP contribution < -0.4 is 10.5 Å². The summed E-state index contributed by atoms with van der Waals surface area (Å²) >= 11 is 3.18. The Morgan fingerprint density at radius 2 is 1.90 bits per heavy atom. The maximum atomic E-state index is 13.1. The van der Waals surface area contributed by atoms with Crippen molar-refractivity contribution >= 4 is 15.9 Å². The Morgan fingerprint density at radius 1 is 1.15 bits per heavy atom. The van der Waals surface area contributed by atoms with Gasteiger partial charge in [-0.3, -0.25) is 0 Å². The van der Waals surface area contributed by atoms with Gasteiger partial charge in [0, 0.05) is 6.04 Å². The second kappa shape index (κ2) is 7.41. The Balaban J connectivity index is 1.77. The summed E-state index contributed by atoms with van der Waals surface area (Å²) in [6, 6.07) is 14.6. The molecule has 20 heavy (non-hydrogen) atoms. The van der Waals surface area contributed by atoms with Gasteiger partial charge in [-0.1, -0.05) is 24.3 Å². The van der Waals surface area contributed by atoms with E-state index in [1.165, 1.54) is 6.07 Å². The molecule has 0 saturated heterocycles. The lowest BCUT2D eigenvalue weighted by Crippen LogP contribution is -2.25. The van der Waals surface area contributed by atoms with Crippen molar-refractivity contribution in [2.45, 2.75) is 18.9 Å². The topological polar surface area (TPSA) is 35.2 Å². The van der Waals surface area contributed by atoms with Crippen molar-refractivity contribution in [3.8, 4) is 5.75 Å². The molecule has 0 radical (unpaired) electrons. The predicted octanol–water partition coefficient (Wildman–Crippen LogP) is 3.93. The lowest BCUT2D eigenvalue weighted by Gasteiger charge is -2.13. The Morgan fingerprint density at radius 3 is 2.60 bits per heavy atom. The normalized spacial score (nSPS) is 12.2. The summed E-state index contributed by atoms with van der Waals surface area (Å²) in [4.78, 5) is 0. The monoisotopic (exact) mass is 337 g/mol. The standard InChI is InChI=1S/C16H17BrFNO/c17-15-11-12(6-7-16(15)18)10-13(19)8-9-20-14-4-2-1-3-5-14/h1-7,11,13H,8-10,19H2. The quantitative estimate of drug-likeness (QED) is 0.866. The molecule has 0 spiro atoms. The average molecular weight is 338 g/mol. The van der Waals surface area contributed by atoms with Gasteiger partial charge in [-0.25, -0.2) is 4.39 Å². The Labute approximate surface area is 126 Å². The Hall–Kier alpha value is -1.39. The van der Waals surface area contributed by atoms with Gasteiger partial charge in [0.05, 0.1) is 11.1 Å². The van der Waals surface area contributed by atoms with Crippen molar-refractivity contribution in [1.82, 2.24) is 0 Å². The highest BCUT2D eigenvalue weighted by Gasteiger charge is 2.07. The molecule has 0 heterocycles. The lowest BCUT2D eigenvalue weighted by atomic mass is 10.0. The van der Waals surface area contributed by atoms with Crippen LogP contribution in [0.5, 0.6) is 5.75 Å². The zero-order chi connectivity index (χ0) is 14.4. The molecule has 2 nitrogen and oxygen atoms in total. The predicted molar refractivity (Wildman–Crippen MR) is 82.3 cm³/mol. The molecule has 0 saturated carbocycles. The van der Waals surface area contributed by atoms with Gasteiger partial charge >= 0.3 is 0 Å². The molecular weight excluding hydrogens is 321 g/mol. The molecule has 2 rings (SSSR count). The van der Waals surface area contributed by atoms with Gasteiger partial charge in [0.2, 0.25) is 0 Å². The number of rotatable bonds is 6. The smallest absolute Gasteiger partial charge is 0.137 e. The summed E-state index contributed by atoms with van der Waals surface area (Å²) in [6.45, 7) is 0.577. The van der Waals surface area contributed by atoms with Crippen LogP contribution in [0, 0.1) is 5.82 Å². The van der Waals surface area contributed by atoms with E-state index in [-0.39, 0.29) is 11.9 Å². The Kier molecular flexibility index (Phi) is 5.56. The fourth-order valence-corrected chi connectivity index (χ4v) is 2.34. The molecule has 0 amide bonds. The van der Waals surface area contributed by atoms with Crippen molar-refractivity contribution in [1.29, 1.82) is 0 Å². The molecule has 0 bridgehead atoms. The third-order valence-electron chi connectivity index (χ3n) is 2.98. The van der Waals surface area contributed by atoms with E-state index in [2.05, 4.69) is 15.9 Å². The molecule has 0 aliphatic rings. The minimum Gasteiger partial charge on any atom is -0.494 e. The van der Waals surface area contributed by atoms with Crippen LogP contribution in [-0.4, -0.2) is 12.6 Å². The highest BCUT2D eigenvalue weighted by atomic mass is 79.9. The van der Waals surface area contributed by atoms with Crippen LogP contribution in [-0.2, 0) is 6.42 Å². The van der Waals surface area contributed by atoms with Crippen LogP contribution in [0.4, 0.5) is 4.39 Å². The van der Waals surface area contributed by atoms with Crippen molar-refractivity contribution < 1.29 is 9.13 Å². The van der Waals surface area contributed by atoms with Gasteiger partial charge in [-0.2, -0.15) is 0 Å². The van der Waals surface area contributed by atoms with Gasteiger partial charge in [0.1, 0.15) is 11.6 Å². The third-order valence-corrected chi connectivity index (χ3v) is 3.59. The van der Waals surface area contributed by atoms with Crippen LogP contribution in [0.15, 0.2) is 53.0 Å². The summed E-state index contributed by atoms with van der Waals surface area (Å²) in [5, 5.41) is 0. The summed E-state index contributed by atoms with van der Waals surface area (Å²) in [7, 11) is 0. The van der Waals surface area contributed by atoms with E-state index in [9.17, 15) is 4.39 Å². The molecular formula is C16H17BrFNO. The number of nitrogens with two attached hydrogens (primary N) is 1. The highest BCUT2D eigenvalue weighted by Crippen LogP contribution is 2.18. The first-order chi connectivity index (χ1) is 9.65. The van der Waals surface area contributed by atoms with Crippen LogP contribution in [0.1, 0.15) is 12.0 Å². The van der Waals surface area contributed by atoms with Crippen molar-refractivity contribution in [3.63, 3.8) is 0 Å². The van der Waals surface area contributed by atoms with Crippen LogP contribution in [0.3, 0.4) is 0 Å². The molecule has 0 aliphatic heterocycles. The Bertz CT molecular complexity index is 547. The maximum Gasteiger partial charge on any atom is 0.137 e. The van der Waals surface area contributed by atoms with Crippen molar-refractivity contribution in [2.75, 3.05) is 6.61 Å². The van der Waals surface area contributed by atoms with Gasteiger partial charge < -0.3 is 10.5 Å². The summed E-state index contributed by atoms with van der Waals surface area (Å²) in [5.74, 6) is 0.596. The zero-order valence-corrected chi connectivity index (χ0v) is 12.6. The van der Waals surface area contributed by atoms with E-state index in [0.717, 1.165) is 17.7 Å². The first kappa shape index (κ1) is 15.0. The molecule has 2 aromatic carbocycles. The molecule has 4 heteroatoms. The van der Waals surface area contributed by atoms with E-state index in [1.54, 1.807) is 12.1 Å². The number of para-hydroxylation sites is 1. The molecule has 2 N–H and O–H groups in total. The van der Waals surface area contributed by atoms with E-state index in [1.807, 2.05) is 30.3 Å². The summed E-state index contributed by atoms with van der Waals surface area (Å²) in [5.41, 5.74) is 7.09. The van der Waals surface area contributed by atoms with Gasteiger partial charge in [-0.05, 0) is 58.6 Å². The molecule has 0 aliphatic carbocycles. The van der Waals surface area contributed by atoms with E-state index < -0.39 is 0 Å². The van der Waals surface area contributed by atoms with Crippen LogP contribution in [0.25, 0.3) is 0 Å². The molecule has 1 atom stereocenters. The third kappa shape index (κ3) is 4.62. The number of hydrogen-bond donors (Lipinski definition) is 1. The molecule has 0 fully saturated rings. The van der Waals surface area contributed by atoms with Gasteiger partial charge in [0.25, 0.3) is 0 Å². The largest absolute Gasteiger partial charge is 0.494 e. The van der Waals surface area contributed by atoms with Crippen LogP contribution in [0.2, 0.25) is 0 Å². The summed E-state index contributed by atoms with van der Waals surface area (Å²) < 4.78 is 19.2. The first-order valence-electron chi connectivity index (χ1n) is 6.52.